The maximum absolute atomic E-state index is 12.7. The van der Waals surface area contributed by atoms with Crippen molar-refractivity contribution in [2.75, 3.05) is 6.54 Å². The second kappa shape index (κ2) is 6.00. The molecule has 0 aromatic carbocycles. The summed E-state index contributed by atoms with van der Waals surface area (Å²) in [5, 5.41) is 0. The Hall–Kier alpha value is -2.24. The van der Waals surface area contributed by atoms with Gasteiger partial charge < -0.3 is 9.88 Å². The Morgan fingerprint density at radius 3 is 2.67 bits per heavy atom. The number of aromatic nitrogens is 4. The molecule has 6 heteroatoms. The molecule has 1 saturated heterocycles. The Labute approximate surface area is 142 Å². The molecule has 0 saturated carbocycles. The van der Waals surface area contributed by atoms with E-state index in [1.165, 1.54) is 0 Å². The number of aromatic amines is 1. The Balaban J connectivity index is 1.96. The molecule has 1 aliphatic heterocycles. The van der Waals surface area contributed by atoms with Crippen LogP contribution in [0.3, 0.4) is 0 Å². The fourth-order valence-electron chi connectivity index (χ4n) is 3.11. The number of rotatable bonds is 2. The molecule has 2 aromatic heterocycles. The SMILES string of the molecule is Cc1cc(-c2ncc(C)[nH]2)nc([C@H]2CCCN2C(=O)C(C)(C)C)n1. The van der Waals surface area contributed by atoms with E-state index in [1.54, 1.807) is 6.20 Å². The summed E-state index contributed by atoms with van der Waals surface area (Å²) in [5.41, 5.74) is 2.26. The van der Waals surface area contributed by atoms with Crippen molar-refractivity contribution in [3.8, 4) is 11.5 Å². The molecule has 1 amide bonds. The molecule has 0 unspecified atom stereocenters. The molecule has 3 heterocycles. The van der Waals surface area contributed by atoms with Crippen LogP contribution in [0.5, 0.6) is 0 Å². The van der Waals surface area contributed by atoms with Crippen LogP contribution in [0.4, 0.5) is 0 Å². The van der Waals surface area contributed by atoms with Crippen LogP contribution in [0.1, 0.15) is 56.9 Å². The third kappa shape index (κ3) is 3.18. The number of H-pyrrole nitrogens is 1. The van der Waals surface area contributed by atoms with Gasteiger partial charge in [-0.2, -0.15) is 0 Å². The summed E-state index contributed by atoms with van der Waals surface area (Å²) in [6.07, 6.45) is 3.68. The number of hydrogen-bond donors (Lipinski definition) is 1. The summed E-state index contributed by atoms with van der Waals surface area (Å²) in [7, 11) is 0. The van der Waals surface area contributed by atoms with E-state index >= 15 is 0 Å². The van der Waals surface area contributed by atoms with Crippen molar-refractivity contribution in [3.05, 3.63) is 29.5 Å². The molecule has 1 atom stereocenters. The first-order valence-corrected chi connectivity index (χ1v) is 8.44. The van der Waals surface area contributed by atoms with Crippen LogP contribution in [0.15, 0.2) is 12.3 Å². The van der Waals surface area contributed by atoms with Gasteiger partial charge in [-0.3, -0.25) is 4.79 Å². The molecule has 0 aliphatic carbocycles. The number of carbonyl (C=O) groups is 1. The number of likely N-dealkylation sites (tertiary alicyclic amines) is 1. The molecule has 128 valence electrons. The highest BCUT2D eigenvalue weighted by atomic mass is 16.2. The molecule has 3 rings (SSSR count). The van der Waals surface area contributed by atoms with Crippen molar-refractivity contribution in [1.29, 1.82) is 0 Å². The Bertz CT molecular complexity index is 759. The zero-order valence-corrected chi connectivity index (χ0v) is 15.1. The van der Waals surface area contributed by atoms with E-state index in [2.05, 4.69) is 15.0 Å². The minimum atomic E-state index is -0.395. The molecule has 0 spiro atoms. The summed E-state index contributed by atoms with van der Waals surface area (Å²) in [6, 6.07) is 1.87. The number of imidazole rings is 1. The highest BCUT2D eigenvalue weighted by Gasteiger charge is 2.37. The number of nitrogens with zero attached hydrogens (tertiary/aromatic N) is 4. The van der Waals surface area contributed by atoms with Crippen molar-refractivity contribution in [2.24, 2.45) is 5.41 Å². The zero-order chi connectivity index (χ0) is 17.5. The summed E-state index contributed by atoms with van der Waals surface area (Å²) in [5.74, 6) is 1.62. The Morgan fingerprint density at radius 2 is 2.04 bits per heavy atom. The van der Waals surface area contributed by atoms with Crippen molar-refractivity contribution in [3.63, 3.8) is 0 Å². The smallest absolute Gasteiger partial charge is 0.228 e. The van der Waals surface area contributed by atoms with Gasteiger partial charge in [-0.15, -0.1) is 0 Å². The first-order chi connectivity index (χ1) is 11.3. The molecule has 6 nitrogen and oxygen atoms in total. The monoisotopic (exact) mass is 327 g/mol. The summed E-state index contributed by atoms with van der Waals surface area (Å²) in [6.45, 7) is 10.6. The molecule has 24 heavy (non-hydrogen) atoms. The third-order valence-electron chi connectivity index (χ3n) is 4.27. The van der Waals surface area contributed by atoms with Gasteiger partial charge in [0.1, 0.15) is 5.69 Å². The number of hydrogen-bond acceptors (Lipinski definition) is 4. The number of nitrogens with one attached hydrogen (secondary N) is 1. The molecule has 1 aliphatic rings. The minimum Gasteiger partial charge on any atom is -0.341 e. The van der Waals surface area contributed by atoms with Crippen molar-refractivity contribution < 1.29 is 4.79 Å². The number of aryl methyl sites for hydroxylation is 2. The van der Waals surface area contributed by atoms with Gasteiger partial charge in [-0.1, -0.05) is 20.8 Å². The van der Waals surface area contributed by atoms with Crippen molar-refractivity contribution >= 4 is 5.91 Å². The fraction of sp³-hybridized carbons (Fsp3) is 0.556. The normalized spacial score (nSPS) is 18.2. The zero-order valence-electron chi connectivity index (χ0n) is 15.1. The van der Waals surface area contributed by atoms with Crippen LogP contribution in [-0.4, -0.2) is 37.3 Å². The predicted octanol–water partition coefficient (Wildman–Crippen LogP) is 3.19. The maximum atomic E-state index is 12.7. The highest BCUT2D eigenvalue weighted by molar-refractivity contribution is 5.82. The third-order valence-corrected chi connectivity index (χ3v) is 4.27. The topological polar surface area (TPSA) is 74.8 Å². The molecule has 1 N–H and O–H groups in total. The van der Waals surface area contributed by atoms with Crippen molar-refractivity contribution in [2.45, 2.75) is 53.5 Å². The van der Waals surface area contributed by atoms with Gasteiger partial charge in [0.25, 0.3) is 0 Å². The number of carbonyl (C=O) groups excluding carboxylic acids is 1. The minimum absolute atomic E-state index is 0.0496. The summed E-state index contributed by atoms with van der Waals surface area (Å²) in [4.78, 5) is 31.6. The lowest BCUT2D eigenvalue weighted by atomic mass is 9.94. The largest absolute Gasteiger partial charge is 0.341 e. The van der Waals surface area contributed by atoms with E-state index in [-0.39, 0.29) is 11.9 Å². The van der Waals surface area contributed by atoms with E-state index < -0.39 is 5.41 Å². The summed E-state index contributed by atoms with van der Waals surface area (Å²) < 4.78 is 0. The first kappa shape index (κ1) is 16.6. The molecular weight excluding hydrogens is 302 g/mol. The van der Waals surface area contributed by atoms with Crippen LogP contribution >= 0.6 is 0 Å². The van der Waals surface area contributed by atoms with E-state index in [0.717, 1.165) is 42.3 Å². The van der Waals surface area contributed by atoms with Crippen LogP contribution in [0.2, 0.25) is 0 Å². The van der Waals surface area contributed by atoms with Gasteiger partial charge in [0.15, 0.2) is 11.6 Å². The Kier molecular flexibility index (Phi) is 4.15. The van der Waals surface area contributed by atoms with Gasteiger partial charge in [0, 0.05) is 29.5 Å². The quantitative estimate of drug-likeness (QED) is 0.919. The van der Waals surface area contributed by atoms with Gasteiger partial charge in [-0.05, 0) is 32.8 Å². The van der Waals surface area contributed by atoms with Gasteiger partial charge in [-0.25, -0.2) is 15.0 Å². The Morgan fingerprint density at radius 1 is 1.29 bits per heavy atom. The average Bonchev–Trinajstić information content (AvgIpc) is 3.13. The standard InChI is InChI=1S/C18H25N5O/c1-11-9-13(15-19-10-12(2)21-15)22-16(20-11)14-7-6-8-23(14)17(24)18(3,4)5/h9-10,14H,6-8H2,1-5H3,(H,19,21)/t14-/m1/s1. The van der Waals surface area contributed by atoms with E-state index in [0.29, 0.717) is 5.82 Å². The van der Waals surface area contributed by atoms with Crippen LogP contribution in [-0.2, 0) is 4.79 Å². The fourth-order valence-corrected chi connectivity index (χ4v) is 3.11. The summed E-state index contributed by atoms with van der Waals surface area (Å²) >= 11 is 0. The van der Waals surface area contributed by atoms with Crippen LogP contribution in [0, 0.1) is 19.3 Å². The number of amides is 1. The lowest BCUT2D eigenvalue weighted by Crippen LogP contribution is -2.39. The molecule has 2 aromatic rings. The lowest BCUT2D eigenvalue weighted by Gasteiger charge is -2.30. The molecular formula is C18H25N5O. The van der Waals surface area contributed by atoms with Gasteiger partial charge >= 0.3 is 0 Å². The second-order valence-corrected chi connectivity index (χ2v) is 7.57. The van der Waals surface area contributed by atoms with Crippen molar-refractivity contribution in [1.82, 2.24) is 24.8 Å². The lowest BCUT2D eigenvalue weighted by molar-refractivity contribution is -0.140. The second-order valence-electron chi connectivity index (χ2n) is 7.57. The predicted molar refractivity (Wildman–Crippen MR) is 92.2 cm³/mol. The average molecular weight is 327 g/mol. The first-order valence-electron chi connectivity index (χ1n) is 8.44. The van der Waals surface area contributed by atoms with Crippen LogP contribution in [0.25, 0.3) is 11.5 Å². The van der Waals surface area contributed by atoms with E-state index in [9.17, 15) is 4.79 Å². The van der Waals surface area contributed by atoms with Gasteiger partial charge in [0.05, 0.1) is 6.04 Å². The molecule has 1 fully saturated rings. The maximum Gasteiger partial charge on any atom is 0.228 e. The highest BCUT2D eigenvalue weighted by Crippen LogP contribution is 2.34. The van der Waals surface area contributed by atoms with E-state index in [1.807, 2.05) is 45.6 Å². The van der Waals surface area contributed by atoms with E-state index in [4.69, 9.17) is 4.98 Å². The van der Waals surface area contributed by atoms with Crippen LogP contribution < -0.4 is 0 Å². The molecule has 0 radical (unpaired) electrons. The molecule has 0 bridgehead atoms. The van der Waals surface area contributed by atoms with Gasteiger partial charge in [0.2, 0.25) is 5.91 Å².